The summed E-state index contributed by atoms with van der Waals surface area (Å²) in [6, 6.07) is 9.94. The molecule has 5 nitrogen and oxygen atoms in total. The van der Waals surface area contributed by atoms with Gasteiger partial charge < -0.3 is 8.94 Å². The topological polar surface area (TPSA) is 55.3 Å². The fourth-order valence-electron chi connectivity index (χ4n) is 2.66. The SMILES string of the molecule is Cc1ccc(C(C)CCN(C)Cc2cc(-c3cccnc3)no2)o1. The molecule has 3 rings (SSSR count). The predicted octanol–water partition coefficient (Wildman–Crippen LogP) is 4.26. The minimum Gasteiger partial charge on any atom is -0.466 e. The first kappa shape index (κ1) is 16.5. The maximum absolute atomic E-state index is 5.70. The van der Waals surface area contributed by atoms with Crippen LogP contribution in [0.1, 0.15) is 36.5 Å². The highest BCUT2D eigenvalue weighted by Crippen LogP contribution is 2.22. The van der Waals surface area contributed by atoms with E-state index in [-0.39, 0.29) is 0 Å². The Morgan fingerprint density at radius 1 is 1.25 bits per heavy atom. The van der Waals surface area contributed by atoms with Gasteiger partial charge in [0, 0.05) is 29.9 Å². The lowest BCUT2D eigenvalue weighted by Gasteiger charge is -2.17. The van der Waals surface area contributed by atoms with Crippen molar-refractivity contribution in [3.63, 3.8) is 0 Å². The van der Waals surface area contributed by atoms with Gasteiger partial charge in [0.25, 0.3) is 0 Å². The van der Waals surface area contributed by atoms with Crippen molar-refractivity contribution in [1.29, 1.82) is 0 Å². The number of furan rings is 1. The smallest absolute Gasteiger partial charge is 0.151 e. The summed E-state index contributed by atoms with van der Waals surface area (Å²) >= 11 is 0. The van der Waals surface area contributed by atoms with Gasteiger partial charge in [-0.3, -0.25) is 9.88 Å². The van der Waals surface area contributed by atoms with E-state index < -0.39 is 0 Å². The number of aryl methyl sites for hydroxylation is 1. The van der Waals surface area contributed by atoms with Crippen LogP contribution in [0.25, 0.3) is 11.3 Å². The summed E-state index contributed by atoms with van der Waals surface area (Å²) in [5, 5.41) is 4.13. The molecule has 0 radical (unpaired) electrons. The van der Waals surface area contributed by atoms with Crippen molar-refractivity contribution < 1.29 is 8.94 Å². The summed E-state index contributed by atoms with van der Waals surface area (Å²) in [6.45, 7) is 5.87. The Bertz CT molecular complexity index is 764. The van der Waals surface area contributed by atoms with Crippen LogP contribution in [0.2, 0.25) is 0 Å². The Balaban J connectivity index is 1.52. The van der Waals surface area contributed by atoms with Crippen LogP contribution in [-0.4, -0.2) is 28.6 Å². The van der Waals surface area contributed by atoms with Gasteiger partial charge in [-0.2, -0.15) is 0 Å². The first-order valence-corrected chi connectivity index (χ1v) is 8.22. The monoisotopic (exact) mass is 325 g/mol. The Labute approximate surface area is 142 Å². The molecular formula is C19H23N3O2. The molecule has 1 atom stereocenters. The molecule has 0 amide bonds. The maximum Gasteiger partial charge on any atom is 0.151 e. The van der Waals surface area contributed by atoms with E-state index in [1.807, 2.05) is 31.2 Å². The molecular weight excluding hydrogens is 302 g/mol. The van der Waals surface area contributed by atoms with E-state index in [0.29, 0.717) is 5.92 Å². The van der Waals surface area contributed by atoms with Gasteiger partial charge in [-0.15, -0.1) is 0 Å². The van der Waals surface area contributed by atoms with Crippen LogP contribution in [0.15, 0.2) is 51.7 Å². The van der Waals surface area contributed by atoms with E-state index >= 15 is 0 Å². The molecule has 5 heteroatoms. The normalized spacial score (nSPS) is 12.7. The molecule has 24 heavy (non-hydrogen) atoms. The van der Waals surface area contributed by atoms with E-state index in [1.165, 1.54) is 0 Å². The van der Waals surface area contributed by atoms with Gasteiger partial charge in [0.1, 0.15) is 17.2 Å². The zero-order valence-corrected chi connectivity index (χ0v) is 14.4. The third kappa shape index (κ3) is 4.11. The van der Waals surface area contributed by atoms with Crippen molar-refractivity contribution in [1.82, 2.24) is 15.0 Å². The summed E-state index contributed by atoms with van der Waals surface area (Å²) in [6.07, 6.45) is 4.57. The molecule has 0 bridgehead atoms. The van der Waals surface area contributed by atoms with Gasteiger partial charge in [0.15, 0.2) is 5.76 Å². The van der Waals surface area contributed by atoms with E-state index in [9.17, 15) is 0 Å². The molecule has 0 N–H and O–H groups in total. The molecule has 0 saturated carbocycles. The first-order chi connectivity index (χ1) is 11.6. The minimum atomic E-state index is 0.404. The quantitative estimate of drug-likeness (QED) is 0.649. The van der Waals surface area contributed by atoms with Gasteiger partial charge in [-0.1, -0.05) is 12.1 Å². The molecule has 0 fully saturated rings. The highest BCUT2D eigenvalue weighted by Gasteiger charge is 2.13. The van der Waals surface area contributed by atoms with Gasteiger partial charge in [0.05, 0.1) is 6.54 Å². The molecule has 0 aromatic carbocycles. The average Bonchev–Trinajstić information content (AvgIpc) is 3.23. The number of nitrogens with zero attached hydrogens (tertiary/aromatic N) is 3. The third-order valence-electron chi connectivity index (χ3n) is 4.13. The van der Waals surface area contributed by atoms with Crippen LogP contribution >= 0.6 is 0 Å². The van der Waals surface area contributed by atoms with Crippen molar-refractivity contribution in [2.75, 3.05) is 13.6 Å². The zero-order valence-electron chi connectivity index (χ0n) is 14.4. The molecule has 0 aliphatic rings. The summed E-state index contributed by atoms with van der Waals surface area (Å²) in [5.41, 5.74) is 1.79. The van der Waals surface area contributed by atoms with Crippen LogP contribution in [0.5, 0.6) is 0 Å². The number of hydrogen-bond acceptors (Lipinski definition) is 5. The number of pyridine rings is 1. The predicted molar refractivity (Wildman–Crippen MR) is 92.5 cm³/mol. The van der Waals surface area contributed by atoms with E-state index in [1.54, 1.807) is 12.4 Å². The standard InChI is InChI=1S/C19H23N3O2/c1-14(19-7-6-15(2)23-19)8-10-22(3)13-17-11-18(21-24-17)16-5-4-9-20-12-16/h4-7,9,11-12,14H,8,10,13H2,1-3H3. The fraction of sp³-hybridized carbons (Fsp3) is 0.368. The Morgan fingerprint density at radius 3 is 2.83 bits per heavy atom. The van der Waals surface area contributed by atoms with Gasteiger partial charge in [0.2, 0.25) is 0 Å². The Kier molecular flexibility index (Phi) is 5.11. The van der Waals surface area contributed by atoms with Crippen LogP contribution in [-0.2, 0) is 6.54 Å². The highest BCUT2D eigenvalue weighted by atomic mass is 16.5. The van der Waals surface area contributed by atoms with E-state index in [2.05, 4.69) is 35.1 Å². The van der Waals surface area contributed by atoms with Crippen molar-refractivity contribution in [2.24, 2.45) is 0 Å². The molecule has 0 aliphatic heterocycles. The Hall–Kier alpha value is -2.40. The van der Waals surface area contributed by atoms with Crippen LogP contribution in [0, 0.1) is 6.92 Å². The molecule has 3 heterocycles. The summed E-state index contributed by atoms with van der Waals surface area (Å²) in [7, 11) is 2.09. The lowest BCUT2D eigenvalue weighted by molar-refractivity contribution is 0.262. The Morgan fingerprint density at radius 2 is 2.12 bits per heavy atom. The summed E-state index contributed by atoms with van der Waals surface area (Å²) in [4.78, 5) is 6.35. The lowest BCUT2D eigenvalue weighted by atomic mass is 10.1. The van der Waals surface area contributed by atoms with Crippen LogP contribution in [0.4, 0.5) is 0 Å². The van der Waals surface area contributed by atoms with Crippen LogP contribution < -0.4 is 0 Å². The lowest BCUT2D eigenvalue weighted by Crippen LogP contribution is -2.20. The van der Waals surface area contributed by atoms with Gasteiger partial charge in [-0.25, -0.2) is 0 Å². The first-order valence-electron chi connectivity index (χ1n) is 8.22. The van der Waals surface area contributed by atoms with Crippen molar-refractivity contribution >= 4 is 0 Å². The van der Waals surface area contributed by atoms with E-state index in [4.69, 9.17) is 8.94 Å². The molecule has 1 unspecified atom stereocenters. The molecule has 0 saturated heterocycles. The highest BCUT2D eigenvalue weighted by molar-refractivity contribution is 5.57. The molecule has 0 aliphatic carbocycles. The second-order valence-corrected chi connectivity index (χ2v) is 6.30. The fourth-order valence-corrected chi connectivity index (χ4v) is 2.66. The maximum atomic E-state index is 5.70. The zero-order chi connectivity index (χ0) is 16.9. The number of hydrogen-bond donors (Lipinski definition) is 0. The minimum absolute atomic E-state index is 0.404. The molecule has 0 spiro atoms. The van der Waals surface area contributed by atoms with Crippen molar-refractivity contribution in [2.45, 2.75) is 32.7 Å². The third-order valence-corrected chi connectivity index (χ3v) is 4.13. The largest absolute Gasteiger partial charge is 0.466 e. The molecule has 3 aromatic heterocycles. The van der Waals surface area contributed by atoms with Crippen molar-refractivity contribution in [3.8, 4) is 11.3 Å². The second-order valence-electron chi connectivity index (χ2n) is 6.30. The van der Waals surface area contributed by atoms with Gasteiger partial charge in [-0.05, 0) is 51.2 Å². The average molecular weight is 325 g/mol. The number of rotatable bonds is 7. The van der Waals surface area contributed by atoms with Crippen molar-refractivity contribution in [3.05, 3.63) is 60.0 Å². The molecule has 126 valence electrons. The summed E-state index contributed by atoms with van der Waals surface area (Å²) in [5.74, 6) is 3.29. The summed E-state index contributed by atoms with van der Waals surface area (Å²) < 4.78 is 11.1. The second kappa shape index (κ2) is 7.45. The van der Waals surface area contributed by atoms with Crippen LogP contribution in [0.3, 0.4) is 0 Å². The van der Waals surface area contributed by atoms with E-state index in [0.717, 1.165) is 48.0 Å². The molecule has 3 aromatic rings. The van der Waals surface area contributed by atoms with Gasteiger partial charge >= 0.3 is 0 Å². The number of aromatic nitrogens is 2.